The molecule has 0 aromatic carbocycles. The lowest BCUT2D eigenvalue weighted by Crippen LogP contribution is -2.31. The third-order valence-electron chi connectivity index (χ3n) is 7.15. The summed E-state index contributed by atoms with van der Waals surface area (Å²) < 4.78 is 0. The lowest BCUT2D eigenvalue weighted by Gasteiger charge is -2.19. The SMILES string of the molecule is O=C1CCCN1CCCCCCN1CCCC1=O.O=C1CCCN1CCCN1CCCC1=O. The molecule has 4 amide bonds. The highest BCUT2D eigenvalue weighted by molar-refractivity contribution is 5.79. The second-order valence-electron chi connectivity index (χ2n) is 9.71. The molecular formula is C25H42N4O4. The topological polar surface area (TPSA) is 81.2 Å². The first kappa shape index (κ1) is 25.5. The van der Waals surface area contributed by atoms with Crippen molar-refractivity contribution in [1.29, 1.82) is 0 Å². The van der Waals surface area contributed by atoms with E-state index in [0.29, 0.717) is 24.7 Å². The number of likely N-dealkylation sites (tertiary alicyclic amines) is 4. The molecule has 0 saturated carbocycles. The Bertz CT molecular complexity index is 627. The summed E-state index contributed by atoms with van der Waals surface area (Å²) in [6, 6.07) is 0. The number of hydrogen-bond donors (Lipinski definition) is 0. The number of hydrogen-bond acceptors (Lipinski definition) is 4. The molecule has 33 heavy (non-hydrogen) atoms. The Morgan fingerprint density at radius 1 is 0.394 bits per heavy atom. The first-order chi connectivity index (χ1) is 16.0. The van der Waals surface area contributed by atoms with E-state index in [-0.39, 0.29) is 11.8 Å². The van der Waals surface area contributed by atoms with E-state index < -0.39 is 0 Å². The number of amides is 4. The third kappa shape index (κ3) is 8.31. The maximum Gasteiger partial charge on any atom is 0.222 e. The van der Waals surface area contributed by atoms with E-state index in [1.165, 1.54) is 12.8 Å². The van der Waals surface area contributed by atoms with Crippen LogP contribution in [0.1, 0.15) is 83.5 Å². The summed E-state index contributed by atoms with van der Waals surface area (Å²) in [5.41, 5.74) is 0. The summed E-state index contributed by atoms with van der Waals surface area (Å²) in [4.78, 5) is 53.2. The monoisotopic (exact) mass is 462 g/mol. The summed E-state index contributed by atoms with van der Waals surface area (Å²) in [7, 11) is 0. The van der Waals surface area contributed by atoms with Gasteiger partial charge in [0.2, 0.25) is 23.6 Å². The van der Waals surface area contributed by atoms with Gasteiger partial charge in [-0.3, -0.25) is 19.2 Å². The molecule has 4 rings (SSSR count). The van der Waals surface area contributed by atoms with E-state index in [4.69, 9.17) is 0 Å². The van der Waals surface area contributed by atoms with Crippen LogP contribution in [0.5, 0.6) is 0 Å². The molecular weight excluding hydrogens is 420 g/mol. The van der Waals surface area contributed by atoms with Crippen molar-refractivity contribution in [1.82, 2.24) is 19.6 Å². The van der Waals surface area contributed by atoms with Crippen molar-refractivity contribution in [2.45, 2.75) is 83.5 Å². The van der Waals surface area contributed by atoms with Crippen molar-refractivity contribution >= 4 is 23.6 Å². The molecule has 0 radical (unpaired) electrons. The normalized spacial score (nSPS) is 21.0. The first-order valence-electron chi connectivity index (χ1n) is 13.2. The third-order valence-corrected chi connectivity index (χ3v) is 7.15. The van der Waals surface area contributed by atoms with Crippen LogP contribution < -0.4 is 0 Å². The van der Waals surface area contributed by atoms with E-state index in [1.807, 2.05) is 19.6 Å². The molecule has 4 fully saturated rings. The van der Waals surface area contributed by atoms with E-state index in [9.17, 15) is 19.2 Å². The Morgan fingerprint density at radius 2 is 0.667 bits per heavy atom. The predicted octanol–water partition coefficient (Wildman–Crippen LogP) is 2.41. The highest BCUT2D eigenvalue weighted by atomic mass is 16.2. The molecule has 0 spiro atoms. The average Bonchev–Trinajstić information content (AvgIpc) is 3.59. The lowest BCUT2D eigenvalue weighted by molar-refractivity contribution is -0.129. The van der Waals surface area contributed by atoms with E-state index in [2.05, 4.69) is 0 Å². The second kappa shape index (κ2) is 13.6. The van der Waals surface area contributed by atoms with E-state index >= 15 is 0 Å². The zero-order valence-corrected chi connectivity index (χ0v) is 20.3. The first-order valence-corrected chi connectivity index (χ1v) is 13.2. The van der Waals surface area contributed by atoms with Crippen molar-refractivity contribution in [3.05, 3.63) is 0 Å². The average molecular weight is 463 g/mol. The van der Waals surface area contributed by atoms with Gasteiger partial charge in [0.05, 0.1) is 0 Å². The van der Waals surface area contributed by atoms with Gasteiger partial charge in [-0.1, -0.05) is 12.8 Å². The Balaban J connectivity index is 0.000000189. The van der Waals surface area contributed by atoms with Gasteiger partial charge in [-0.15, -0.1) is 0 Å². The van der Waals surface area contributed by atoms with Crippen LogP contribution in [0.25, 0.3) is 0 Å². The molecule has 0 unspecified atom stereocenters. The van der Waals surface area contributed by atoms with Gasteiger partial charge in [-0.25, -0.2) is 0 Å². The predicted molar refractivity (Wildman–Crippen MR) is 126 cm³/mol. The number of unbranched alkanes of at least 4 members (excludes halogenated alkanes) is 3. The summed E-state index contributed by atoms with van der Waals surface area (Å²) >= 11 is 0. The summed E-state index contributed by atoms with van der Waals surface area (Å²) in [5, 5.41) is 0. The van der Waals surface area contributed by atoms with Crippen molar-refractivity contribution in [2.75, 3.05) is 52.4 Å². The highest BCUT2D eigenvalue weighted by Gasteiger charge is 2.23. The lowest BCUT2D eigenvalue weighted by atomic mass is 10.2. The molecule has 8 heteroatoms. The molecule has 0 atom stereocenters. The van der Waals surface area contributed by atoms with Crippen LogP contribution in [0.4, 0.5) is 0 Å². The minimum atomic E-state index is 0.280. The van der Waals surface area contributed by atoms with Gasteiger partial charge in [0, 0.05) is 78.0 Å². The molecule has 0 bridgehead atoms. The largest absolute Gasteiger partial charge is 0.343 e. The summed E-state index contributed by atoms with van der Waals surface area (Å²) in [6.07, 6.45) is 12.5. The molecule has 0 N–H and O–H groups in total. The van der Waals surface area contributed by atoms with Crippen LogP contribution in [0, 0.1) is 0 Å². The molecule has 0 aromatic rings. The molecule has 4 aliphatic rings. The molecule has 0 aliphatic carbocycles. The van der Waals surface area contributed by atoms with Crippen molar-refractivity contribution < 1.29 is 19.2 Å². The van der Waals surface area contributed by atoms with Crippen LogP contribution in [-0.2, 0) is 19.2 Å². The Morgan fingerprint density at radius 3 is 0.909 bits per heavy atom. The number of carbonyl (C=O) groups is 4. The van der Waals surface area contributed by atoms with Gasteiger partial charge in [-0.2, -0.15) is 0 Å². The molecule has 4 heterocycles. The zero-order valence-electron chi connectivity index (χ0n) is 20.3. The number of nitrogens with zero attached hydrogens (tertiary/aromatic N) is 4. The van der Waals surface area contributed by atoms with Crippen LogP contribution in [0.15, 0.2) is 0 Å². The minimum absolute atomic E-state index is 0.280. The Hall–Kier alpha value is -2.12. The standard InChI is InChI=1S/C14H24N2O2.C11H18N2O2/c17-13-7-5-11-15(13)9-3-1-2-4-10-16-12-6-8-14(16)18;14-10-4-1-6-12(10)8-3-9-13-7-2-5-11(13)15/h1-12H2;1-9H2. The van der Waals surface area contributed by atoms with Gasteiger partial charge in [0.25, 0.3) is 0 Å². The number of carbonyl (C=O) groups excluding carboxylic acids is 4. The summed E-state index contributed by atoms with van der Waals surface area (Å²) in [6.45, 7) is 7.25. The van der Waals surface area contributed by atoms with Crippen molar-refractivity contribution in [3.63, 3.8) is 0 Å². The minimum Gasteiger partial charge on any atom is -0.343 e. The second-order valence-corrected chi connectivity index (χ2v) is 9.71. The van der Waals surface area contributed by atoms with Crippen molar-refractivity contribution in [2.24, 2.45) is 0 Å². The van der Waals surface area contributed by atoms with Crippen LogP contribution in [0.2, 0.25) is 0 Å². The number of rotatable bonds is 11. The van der Waals surface area contributed by atoms with E-state index in [0.717, 1.165) is 110 Å². The maximum atomic E-state index is 11.4. The molecule has 0 aromatic heterocycles. The Kier molecular flexibility index (Phi) is 10.5. The van der Waals surface area contributed by atoms with Gasteiger partial charge in [0.1, 0.15) is 0 Å². The van der Waals surface area contributed by atoms with Gasteiger partial charge in [0.15, 0.2) is 0 Å². The molecule has 4 aliphatic heterocycles. The fourth-order valence-corrected chi connectivity index (χ4v) is 5.17. The fraction of sp³-hybridized carbons (Fsp3) is 0.840. The van der Waals surface area contributed by atoms with Gasteiger partial charge < -0.3 is 19.6 Å². The van der Waals surface area contributed by atoms with Gasteiger partial charge >= 0.3 is 0 Å². The van der Waals surface area contributed by atoms with Gasteiger partial charge in [-0.05, 0) is 44.9 Å². The van der Waals surface area contributed by atoms with Crippen LogP contribution in [0.3, 0.4) is 0 Å². The molecule has 8 nitrogen and oxygen atoms in total. The summed E-state index contributed by atoms with van der Waals surface area (Å²) in [5.74, 6) is 1.22. The maximum absolute atomic E-state index is 11.4. The smallest absolute Gasteiger partial charge is 0.222 e. The Labute approximate surface area is 198 Å². The fourth-order valence-electron chi connectivity index (χ4n) is 5.17. The van der Waals surface area contributed by atoms with Crippen molar-refractivity contribution in [3.8, 4) is 0 Å². The van der Waals surface area contributed by atoms with Crippen LogP contribution in [-0.4, -0.2) is 95.6 Å². The zero-order chi connectivity index (χ0) is 23.5. The van der Waals surface area contributed by atoms with E-state index in [1.54, 1.807) is 0 Å². The molecule has 4 saturated heterocycles. The quantitative estimate of drug-likeness (QED) is 0.442. The highest BCUT2D eigenvalue weighted by Crippen LogP contribution is 2.14. The van der Waals surface area contributed by atoms with Crippen LogP contribution >= 0.6 is 0 Å². The molecule has 186 valence electrons.